The first-order chi connectivity index (χ1) is 5.90. The van der Waals surface area contributed by atoms with Gasteiger partial charge in [-0.05, 0) is 37.3 Å². The highest BCUT2D eigenvalue weighted by molar-refractivity contribution is 5.32. The van der Waals surface area contributed by atoms with Gasteiger partial charge < -0.3 is 0 Å². The maximum atomic E-state index is 5.27. The van der Waals surface area contributed by atoms with Crippen molar-refractivity contribution in [2.75, 3.05) is 0 Å². The van der Waals surface area contributed by atoms with Crippen LogP contribution in [0.1, 0.15) is 29.8 Å². The van der Waals surface area contributed by atoms with Crippen molar-refractivity contribution in [2.45, 2.75) is 25.7 Å². The first-order valence-corrected chi connectivity index (χ1v) is 4.35. The molecule has 0 unspecified atom stereocenters. The number of hydrogen-bond donors (Lipinski definition) is 0. The van der Waals surface area contributed by atoms with E-state index in [-0.39, 0.29) is 0 Å². The minimum Gasteiger partial charge on any atom is -0.244 e. The Morgan fingerprint density at radius 3 is 2.92 bits per heavy atom. The SMILES string of the molecule is C#Cc1ccc2c(n1)CCCC2. The standard InChI is InChI=1S/C11H11N/c1-2-10-8-7-9-5-3-4-6-11(9)12-10/h1,7-8H,3-6H2. The van der Waals surface area contributed by atoms with Crippen molar-refractivity contribution in [3.8, 4) is 12.3 Å². The maximum Gasteiger partial charge on any atom is 0.113 e. The highest BCUT2D eigenvalue weighted by Crippen LogP contribution is 2.18. The summed E-state index contributed by atoms with van der Waals surface area (Å²) in [4.78, 5) is 4.40. The zero-order valence-electron chi connectivity index (χ0n) is 7.01. The van der Waals surface area contributed by atoms with E-state index in [0.29, 0.717) is 0 Å². The summed E-state index contributed by atoms with van der Waals surface area (Å²) in [5.41, 5.74) is 3.38. The van der Waals surface area contributed by atoms with Crippen LogP contribution in [-0.2, 0) is 12.8 Å². The maximum absolute atomic E-state index is 5.27. The average Bonchev–Trinajstić information content (AvgIpc) is 2.17. The topological polar surface area (TPSA) is 12.9 Å². The van der Waals surface area contributed by atoms with Gasteiger partial charge in [0, 0.05) is 5.69 Å². The van der Waals surface area contributed by atoms with Crippen LogP contribution in [0.2, 0.25) is 0 Å². The Labute approximate surface area is 72.8 Å². The summed E-state index contributed by atoms with van der Waals surface area (Å²) < 4.78 is 0. The van der Waals surface area contributed by atoms with Gasteiger partial charge in [0.15, 0.2) is 0 Å². The van der Waals surface area contributed by atoms with Crippen LogP contribution in [-0.4, -0.2) is 4.98 Å². The number of aromatic nitrogens is 1. The van der Waals surface area contributed by atoms with Crippen molar-refractivity contribution in [1.29, 1.82) is 0 Å². The van der Waals surface area contributed by atoms with Crippen LogP contribution in [0.15, 0.2) is 12.1 Å². The van der Waals surface area contributed by atoms with E-state index >= 15 is 0 Å². The van der Waals surface area contributed by atoms with E-state index in [1.165, 1.54) is 30.5 Å². The second kappa shape index (κ2) is 2.98. The van der Waals surface area contributed by atoms with Crippen molar-refractivity contribution in [3.05, 3.63) is 29.1 Å². The van der Waals surface area contributed by atoms with Crippen molar-refractivity contribution in [2.24, 2.45) is 0 Å². The minimum absolute atomic E-state index is 0.774. The first-order valence-electron chi connectivity index (χ1n) is 4.35. The van der Waals surface area contributed by atoms with E-state index in [4.69, 9.17) is 6.42 Å². The molecule has 0 atom stereocenters. The molecular formula is C11H11N. The van der Waals surface area contributed by atoms with Crippen LogP contribution in [0.25, 0.3) is 0 Å². The molecular weight excluding hydrogens is 146 g/mol. The molecule has 1 aliphatic rings. The lowest BCUT2D eigenvalue weighted by atomic mass is 9.96. The highest BCUT2D eigenvalue weighted by atomic mass is 14.7. The van der Waals surface area contributed by atoms with E-state index in [9.17, 15) is 0 Å². The van der Waals surface area contributed by atoms with Crippen molar-refractivity contribution < 1.29 is 0 Å². The second-order valence-electron chi connectivity index (χ2n) is 3.15. The fourth-order valence-electron chi connectivity index (χ4n) is 1.66. The summed E-state index contributed by atoms with van der Waals surface area (Å²) in [6.45, 7) is 0. The van der Waals surface area contributed by atoms with Crippen LogP contribution >= 0.6 is 0 Å². The molecule has 0 bridgehead atoms. The van der Waals surface area contributed by atoms with Crippen molar-refractivity contribution in [1.82, 2.24) is 4.98 Å². The molecule has 0 spiro atoms. The number of nitrogens with zero attached hydrogens (tertiary/aromatic N) is 1. The van der Waals surface area contributed by atoms with Crippen molar-refractivity contribution in [3.63, 3.8) is 0 Å². The third kappa shape index (κ3) is 1.21. The van der Waals surface area contributed by atoms with Gasteiger partial charge in [-0.15, -0.1) is 6.42 Å². The molecule has 0 amide bonds. The Balaban J connectivity index is 2.44. The predicted octanol–water partition coefficient (Wildman–Crippen LogP) is 1.94. The summed E-state index contributed by atoms with van der Waals surface area (Å²) in [5, 5.41) is 0. The molecule has 0 N–H and O–H groups in total. The summed E-state index contributed by atoms with van der Waals surface area (Å²) in [6, 6.07) is 4.06. The molecule has 1 nitrogen and oxygen atoms in total. The zero-order valence-corrected chi connectivity index (χ0v) is 7.01. The third-order valence-electron chi connectivity index (χ3n) is 2.33. The third-order valence-corrected chi connectivity index (χ3v) is 2.33. The number of aryl methyl sites for hydroxylation is 2. The summed E-state index contributed by atoms with van der Waals surface area (Å²) in [5.74, 6) is 2.57. The lowest BCUT2D eigenvalue weighted by Crippen LogP contribution is -2.05. The van der Waals surface area contributed by atoms with E-state index in [1.54, 1.807) is 0 Å². The smallest absolute Gasteiger partial charge is 0.113 e. The van der Waals surface area contributed by atoms with Crippen LogP contribution in [0, 0.1) is 12.3 Å². The molecule has 0 aliphatic heterocycles. The van der Waals surface area contributed by atoms with Gasteiger partial charge in [0.05, 0.1) is 0 Å². The molecule has 1 aromatic heterocycles. The zero-order chi connectivity index (χ0) is 8.39. The second-order valence-corrected chi connectivity index (χ2v) is 3.15. The van der Waals surface area contributed by atoms with E-state index < -0.39 is 0 Å². The van der Waals surface area contributed by atoms with Gasteiger partial charge >= 0.3 is 0 Å². The number of terminal acetylenes is 1. The van der Waals surface area contributed by atoms with E-state index in [2.05, 4.69) is 17.0 Å². The Kier molecular flexibility index (Phi) is 1.83. The number of rotatable bonds is 0. The fourth-order valence-corrected chi connectivity index (χ4v) is 1.66. The molecule has 1 aliphatic carbocycles. The molecule has 0 radical (unpaired) electrons. The number of hydrogen-bond acceptors (Lipinski definition) is 1. The quantitative estimate of drug-likeness (QED) is 0.524. The van der Waals surface area contributed by atoms with Gasteiger partial charge in [-0.2, -0.15) is 0 Å². The summed E-state index contributed by atoms with van der Waals surface area (Å²) >= 11 is 0. The van der Waals surface area contributed by atoms with Gasteiger partial charge in [0.25, 0.3) is 0 Å². The molecule has 0 aromatic carbocycles. The largest absolute Gasteiger partial charge is 0.244 e. The van der Waals surface area contributed by atoms with Crippen LogP contribution in [0.5, 0.6) is 0 Å². The van der Waals surface area contributed by atoms with Gasteiger partial charge in [-0.3, -0.25) is 0 Å². The molecule has 0 saturated carbocycles. The van der Waals surface area contributed by atoms with Crippen LogP contribution < -0.4 is 0 Å². The lowest BCUT2D eigenvalue weighted by Gasteiger charge is -2.13. The van der Waals surface area contributed by atoms with Gasteiger partial charge in [-0.25, -0.2) is 4.98 Å². The molecule has 1 heteroatoms. The molecule has 2 rings (SSSR count). The van der Waals surface area contributed by atoms with Gasteiger partial charge in [-0.1, -0.05) is 12.0 Å². The Hall–Kier alpha value is -1.29. The summed E-state index contributed by atoms with van der Waals surface area (Å²) in [7, 11) is 0. The van der Waals surface area contributed by atoms with Crippen LogP contribution in [0.4, 0.5) is 0 Å². The molecule has 0 saturated heterocycles. The van der Waals surface area contributed by atoms with Crippen LogP contribution in [0.3, 0.4) is 0 Å². The lowest BCUT2D eigenvalue weighted by molar-refractivity contribution is 0.667. The molecule has 0 fully saturated rings. The number of pyridine rings is 1. The average molecular weight is 157 g/mol. The highest BCUT2D eigenvalue weighted by Gasteiger charge is 2.09. The first kappa shape index (κ1) is 7.36. The summed E-state index contributed by atoms with van der Waals surface area (Å²) in [6.07, 6.45) is 10.1. The molecule has 12 heavy (non-hydrogen) atoms. The number of fused-ring (bicyclic) bond motifs is 1. The Morgan fingerprint density at radius 1 is 1.25 bits per heavy atom. The predicted molar refractivity (Wildman–Crippen MR) is 48.8 cm³/mol. The molecule has 60 valence electrons. The van der Waals surface area contributed by atoms with Gasteiger partial charge in [0.1, 0.15) is 5.69 Å². The monoisotopic (exact) mass is 157 g/mol. The minimum atomic E-state index is 0.774. The molecule has 1 aromatic rings. The fraction of sp³-hybridized carbons (Fsp3) is 0.364. The molecule has 1 heterocycles. The van der Waals surface area contributed by atoms with E-state index in [0.717, 1.165) is 12.1 Å². The van der Waals surface area contributed by atoms with Crippen molar-refractivity contribution >= 4 is 0 Å². The normalized spacial score (nSPS) is 14.9. The van der Waals surface area contributed by atoms with E-state index in [1.807, 2.05) is 6.07 Å². The van der Waals surface area contributed by atoms with Gasteiger partial charge in [0.2, 0.25) is 0 Å². The Bertz CT molecular complexity index is 333. The Morgan fingerprint density at radius 2 is 2.08 bits per heavy atom.